The number of carbonyl (C=O) groups is 1. The Morgan fingerprint density at radius 2 is 2.00 bits per heavy atom. The Kier molecular flexibility index (Phi) is 6.49. The summed E-state index contributed by atoms with van der Waals surface area (Å²) in [6.07, 6.45) is -3.31. The number of rotatable bonds is 6. The molecule has 7 nitrogen and oxygen atoms in total. The van der Waals surface area contributed by atoms with Crippen LogP contribution in [0.3, 0.4) is 0 Å². The van der Waals surface area contributed by atoms with Crippen LogP contribution in [0.1, 0.15) is 12.5 Å². The van der Waals surface area contributed by atoms with E-state index in [4.69, 9.17) is 14.2 Å². The van der Waals surface area contributed by atoms with Crippen LogP contribution in [-0.4, -0.2) is 60.5 Å². The fourth-order valence-electron chi connectivity index (χ4n) is 2.70. The lowest BCUT2D eigenvalue weighted by molar-refractivity contribution is -0.269. The van der Waals surface area contributed by atoms with Gasteiger partial charge < -0.3 is 29.7 Å². The van der Waals surface area contributed by atoms with Gasteiger partial charge in [0.15, 0.2) is 6.29 Å². The second-order valence-corrected chi connectivity index (χ2v) is 5.44. The molecule has 2 rings (SSSR count). The topological polar surface area (TPSA) is 97.3 Å². The molecule has 1 amide bonds. The molecule has 128 valence electrons. The second-order valence-electron chi connectivity index (χ2n) is 5.44. The molecule has 0 spiro atoms. The van der Waals surface area contributed by atoms with Crippen molar-refractivity contribution in [3.05, 3.63) is 35.9 Å². The van der Waals surface area contributed by atoms with Crippen molar-refractivity contribution in [2.45, 2.75) is 44.2 Å². The summed E-state index contributed by atoms with van der Waals surface area (Å²) in [5, 5.41) is 22.1. The number of benzene rings is 1. The molecule has 0 bridgehead atoms. The van der Waals surface area contributed by atoms with Gasteiger partial charge in [-0.25, -0.2) is 0 Å². The van der Waals surface area contributed by atoms with Gasteiger partial charge in [0.1, 0.15) is 24.4 Å². The highest BCUT2D eigenvalue weighted by Crippen LogP contribution is 2.25. The van der Waals surface area contributed by atoms with E-state index in [1.807, 2.05) is 30.3 Å². The summed E-state index contributed by atoms with van der Waals surface area (Å²) in [6.45, 7) is 1.31. The molecule has 1 saturated heterocycles. The van der Waals surface area contributed by atoms with E-state index in [0.717, 1.165) is 5.56 Å². The van der Waals surface area contributed by atoms with Crippen molar-refractivity contribution in [2.75, 3.05) is 13.7 Å². The van der Waals surface area contributed by atoms with Crippen molar-refractivity contribution >= 4 is 5.91 Å². The number of amides is 1. The van der Waals surface area contributed by atoms with E-state index >= 15 is 0 Å². The highest BCUT2D eigenvalue weighted by Gasteiger charge is 2.46. The standard InChI is InChI=1S/C16H23NO6/c1-10(19)17-13-15(21-2)14(12(8-18)23-16(13)20)22-9-11-6-4-3-5-7-11/h3-7,12-16,18,20H,8-9H2,1-2H3,(H,17,19)/t12-,13-,14+,15+,16-/m0/s1. The number of methoxy groups -OCH3 is 1. The molecule has 23 heavy (non-hydrogen) atoms. The smallest absolute Gasteiger partial charge is 0.217 e. The SMILES string of the molecule is CO[C@@H]1[C@H](NC(C)=O)[C@@H](O)O[C@@H](CO)[C@H]1OCc1ccccc1. The minimum Gasteiger partial charge on any atom is -0.394 e. The third-order valence-corrected chi connectivity index (χ3v) is 3.77. The Hall–Kier alpha value is -1.51. The predicted octanol–water partition coefficient (Wildman–Crippen LogP) is -0.199. The van der Waals surface area contributed by atoms with Crippen molar-refractivity contribution in [3.8, 4) is 0 Å². The molecule has 1 heterocycles. The Morgan fingerprint density at radius 1 is 1.30 bits per heavy atom. The maximum Gasteiger partial charge on any atom is 0.217 e. The first kappa shape index (κ1) is 17.8. The van der Waals surface area contributed by atoms with E-state index in [2.05, 4.69) is 5.32 Å². The summed E-state index contributed by atoms with van der Waals surface area (Å²) in [5.74, 6) is -0.316. The molecule has 1 fully saturated rings. The van der Waals surface area contributed by atoms with Crippen LogP contribution in [-0.2, 0) is 25.6 Å². The van der Waals surface area contributed by atoms with E-state index < -0.39 is 30.6 Å². The summed E-state index contributed by atoms with van der Waals surface area (Å²) < 4.78 is 16.6. The molecular formula is C16H23NO6. The molecule has 0 aromatic heterocycles. The molecular weight excluding hydrogens is 302 g/mol. The van der Waals surface area contributed by atoms with Crippen LogP contribution in [0.4, 0.5) is 0 Å². The minimum absolute atomic E-state index is 0.300. The van der Waals surface area contributed by atoms with Crippen LogP contribution in [0.5, 0.6) is 0 Å². The summed E-state index contributed by atoms with van der Waals surface area (Å²) >= 11 is 0. The number of hydrogen-bond donors (Lipinski definition) is 3. The second kappa shape index (κ2) is 8.37. The molecule has 0 aliphatic carbocycles. The van der Waals surface area contributed by atoms with Crippen molar-refractivity contribution in [2.24, 2.45) is 0 Å². The summed E-state index contributed by atoms with van der Waals surface area (Å²) in [4.78, 5) is 11.3. The molecule has 1 aromatic carbocycles. The number of aliphatic hydroxyl groups excluding tert-OH is 2. The van der Waals surface area contributed by atoms with Crippen LogP contribution in [0.15, 0.2) is 30.3 Å². The Morgan fingerprint density at radius 3 is 2.57 bits per heavy atom. The van der Waals surface area contributed by atoms with Crippen LogP contribution in [0, 0.1) is 0 Å². The number of ether oxygens (including phenoxy) is 3. The Balaban J connectivity index is 2.12. The van der Waals surface area contributed by atoms with E-state index in [9.17, 15) is 15.0 Å². The van der Waals surface area contributed by atoms with Gasteiger partial charge in [-0.3, -0.25) is 4.79 Å². The lowest BCUT2D eigenvalue weighted by atomic mass is 9.96. The largest absolute Gasteiger partial charge is 0.394 e. The van der Waals surface area contributed by atoms with Gasteiger partial charge in [-0.15, -0.1) is 0 Å². The van der Waals surface area contributed by atoms with E-state index in [1.54, 1.807) is 0 Å². The van der Waals surface area contributed by atoms with Crippen LogP contribution >= 0.6 is 0 Å². The first-order valence-corrected chi connectivity index (χ1v) is 7.46. The van der Waals surface area contributed by atoms with E-state index in [-0.39, 0.29) is 12.5 Å². The Bertz CT molecular complexity index is 497. The Labute approximate surface area is 135 Å². The fourth-order valence-corrected chi connectivity index (χ4v) is 2.70. The quantitative estimate of drug-likeness (QED) is 0.670. The minimum atomic E-state index is -1.28. The normalized spacial score (nSPS) is 30.9. The predicted molar refractivity (Wildman–Crippen MR) is 81.4 cm³/mol. The van der Waals surface area contributed by atoms with Crippen LogP contribution < -0.4 is 5.32 Å². The van der Waals surface area contributed by atoms with Gasteiger partial charge in [-0.1, -0.05) is 30.3 Å². The zero-order valence-corrected chi connectivity index (χ0v) is 13.2. The maximum atomic E-state index is 11.3. The molecule has 0 saturated carbocycles. The average molecular weight is 325 g/mol. The van der Waals surface area contributed by atoms with Gasteiger partial charge in [0, 0.05) is 14.0 Å². The molecule has 5 atom stereocenters. The number of hydrogen-bond acceptors (Lipinski definition) is 6. The highest BCUT2D eigenvalue weighted by molar-refractivity contribution is 5.73. The van der Waals surface area contributed by atoms with Gasteiger partial charge in [-0.2, -0.15) is 0 Å². The summed E-state index contributed by atoms with van der Waals surface area (Å²) in [5.41, 5.74) is 0.959. The van der Waals surface area contributed by atoms with Crippen molar-refractivity contribution < 1.29 is 29.2 Å². The number of nitrogens with one attached hydrogen (secondary N) is 1. The van der Waals surface area contributed by atoms with Crippen molar-refractivity contribution in [1.29, 1.82) is 0 Å². The molecule has 1 aromatic rings. The third-order valence-electron chi connectivity index (χ3n) is 3.77. The van der Waals surface area contributed by atoms with Crippen molar-refractivity contribution in [3.63, 3.8) is 0 Å². The van der Waals surface area contributed by atoms with Crippen LogP contribution in [0.2, 0.25) is 0 Å². The van der Waals surface area contributed by atoms with Gasteiger partial charge in [0.2, 0.25) is 5.91 Å². The molecule has 1 aliphatic heterocycles. The third kappa shape index (κ3) is 4.49. The zero-order chi connectivity index (χ0) is 16.8. The molecule has 0 radical (unpaired) electrons. The first-order chi connectivity index (χ1) is 11.1. The zero-order valence-electron chi connectivity index (χ0n) is 13.2. The van der Waals surface area contributed by atoms with E-state index in [0.29, 0.717) is 6.61 Å². The molecule has 3 N–H and O–H groups in total. The molecule has 1 aliphatic rings. The van der Waals surface area contributed by atoms with E-state index in [1.165, 1.54) is 14.0 Å². The summed E-state index contributed by atoms with van der Waals surface area (Å²) in [7, 11) is 1.46. The first-order valence-electron chi connectivity index (χ1n) is 7.46. The molecule has 7 heteroatoms. The van der Waals surface area contributed by atoms with Gasteiger partial charge in [0.25, 0.3) is 0 Å². The summed E-state index contributed by atoms with van der Waals surface area (Å²) in [6, 6.07) is 8.76. The maximum absolute atomic E-state index is 11.3. The lowest BCUT2D eigenvalue weighted by Gasteiger charge is -2.43. The lowest BCUT2D eigenvalue weighted by Crippen LogP contribution is -2.65. The number of carbonyl (C=O) groups excluding carboxylic acids is 1. The van der Waals surface area contributed by atoms with Crippen molar-refractivity contribution in [1.82, 2.24) is 5.32 Å². The fraction of sp³-hybridized carbons (Fsp3) is 0.562. The molecule has 0 unspecified atom stereocenters. The average Bonchev–Trinajstić information content (AvgIpc) is 2.55. The number of aliphatic hydroxyl groups is 2. The monoisotopic (exact) mass is 325 g/mol. The van der Waals surface area contributed by atoms with Gasteiger partial charge in [0.05, 0.1) is 13.2 Å². The van der Waals surface area contributed by atoms with Crippen LogP contribution in [0.25, 0.3) is 0 Å². The highest BCUT2D eigenvalue weighted by atomic mass is 16.6. The van der Waals surface area contributed by atoms with Gasteiger partial charge >= 0.3 is 0 Å². The van der Waals surface area contributed by atoms with Gasteiger partial charge in [-0.05, 0) is 5.56 Å².